The van der Waals surface area contributed by atoms with Crippen molar-refractivity contribution >= 4 is 28.2 Å². The zero-order valence-corrected chi connectivity index (χ0v) is 10.2. The van der Waals surface area contributed by atoms with E-state index in [4.69, 9.17) is 11.0 Å². The SMILES string of the molecule is N#Cc1cccc(CSc2nnc(N)s2)c1F. The number of aromatic nitrogens is 2. The quantitative estimate of drug-likeness (QED) is 0.863. The summed E-state index contributed by atoms with van der Waals surface area (Å²) in [5.74, 6) is -0.0734. The number of halogens is 1. The number of rotatable bonds is 3. The molecule has 0 amide bonds. The van der Waals surface area contributed by atoms with Crippen LogP contribution in [0.25, 0.3) is 0 Å². The van der Waals surface area contributed by atoms with E-state index in [9.17, 15) is 4.39 Å². The van der Waals surface area contributed by atoms with E-state index in [-0.39, 0.29) is 5.56 Å². The van der Waals surface area contributed by atoms with Crippen LogP contribution in [0.15, 0.2) is 22.5 Å². The van der Waals surface area contributed by atoms with Gasteiger partial charge in [-0.3, -0.25) is 0 Å². The zero-order chi connectivity index (χ0) is 12.3. The van der Waals surface area contributed by atoms with Gasteiger partial charge in [0.2, 0.25) is 5.13 Å². The predicted molar refractivity (Wildman–Crippen MR) is 65.0 cm³/mol. The van der Waals surface area contributed by atoms with E-state index >= 15 is 0 Å². The molecule has 0 radical (unpaired) electrons. The van der Waals surface area contributed by atoms with Crippen molar-refractivity contribution in [1.82, 2.24) is 10.2 Å². The van der Waals surface area contributed by atoms with Crippen LogP contribution >= 0.6 is 23.1 Å². The van der Waals surface area contributed by atoms with Gasteiger partial charge in [-0.1, -0.05) is 35.2 Å². The Bertz CT molecular complexity index is 576. The lowest BCUT2D eigenvalue weighted by Crippen LogP contribution is -1.91. The lowest BCUT2D eigenvalue weighted by molar-refractivity contribution is 0.613. The molecule has 2 rings (SSSR count). The van der Waals surface area contributed by atoms with Gasteiger partial charge < -0.3 is 5.73 Å². The molecular weight excluding hydrogens is 259 g/mol. The van der Waals surface area contributed by atoms with Gasteiger partial charge in [0.25, 0.3) is 0 Å². The molecule has 7 heteroatoms. The van der Waals surface area contributed by atoms with Gasteiger partial charge in [0.1, 0.15) is 11.9 Å². The van der Waals surface area contributed by atoms with Gasteiger partial charge in [0, 0.05) is 5.75 Å². The lowest BCUT2D eigenvalue weighted by atomic mass is 10.1. The van der Waals surface area contributed by atoms with Gasteiger partial charge >= 0.3 is 0 Å². The summed E-state index contributed by atoms with van der Waals surface area (Å²) in [5.41, 5.74) is 5.97. The van der Waals surface area contributed by atoms with Crippen LogP contribution in [-0.4, -0.2) is 10.2 Å². The standard InChI is InChI=1S/C10H7FN4S2/c11-8-6(4-12)2-1-3-7(8)5-16-10-15-14-9(13)17-10/h1-3H,5H2,(H2,13,14). The van der Waals surface area contributed by atoms with Gasteiger partial charge in [-0.2, -0.15) is 5.26 Å². The van der Waals surface area contributed by atoms with E-state index in [0.29, 0.717) is 20.8 Å². The smallest absolute Gasteiger partial charge is 0.203 e. The molecule has 1 aromatic heterocycles. The minimum absolute atomic E-state index is 0.0554. The van der Waals surface area contributed by atoms with Crippen molar-refractivity contribution in [2.45, 2.75) is 10.1 Å². The molecule has 0 saturated heterocycles. The summed E-state index contributed by atoms with van der Waals surface area (Å²) in [7, 11) is 0. The van der Waals surface area contributed by atoms with E-state index in [1.165, 1.54) is 29.2 Å². The normalized spacial score (nSPS) is 10.1. The van der Waals surface area contributed by atoms with E-state index in [0.717, 1.165) is 0 Å². The maximum Gasteiger partial charge on any atom is 0.203 e. The summed E-state index contributed by atoms with van der Waals surface area (Å²) in [6.07, 6.45) is 0. The second-order valence-corrected chi connectivity index (χ2v) is 5.32. The number of nitriles is 1. The predicted octanol–water partition coefficient (Wildman–Crippen LogP) is 2.42. The third kappa shape index (κ3) is 2.72. The average molecular weight is 266 g/mol. The number of benzene rings is 1. The number of nitrogens with two attached hydrogens (primary N) is 1. The molecule has 1 heterocycles. The van der Waals surface area contributed by atoms with Crippen LogP contribution in [-0.2, 0) is 5.75 Å². The molecule has 86 valence electrons. The van der Waals surface area contributed by atoms with Crippen molar-refractivity contribution in [3.8, 4) is 6.07 Å². The summed E-state index contributed by atoms with van der Waals surface area (Å²) < 4.78 is 14.4. The Balaban J connectivity index is 2.12. The number of anilines is 1. The monoisotopic (exact) mass is 266 g/mol. The molecule has 0 bridgehead atoms. The molecule has 0 spiro atoms. The highest BCUT2D eigenvalue weighted by Gasteiger charge is 2.09. The molecule has 1 aromatic carbocycles. The van der Waals surface area contributed by atoms with E-state index < -0.39 is 5.82 Å². The maximum absolute atomic E-state index is 13.7. The lowest BCUT2D eigenvalue weighted by Gasteiger charge is -2.01. The Hall–Kier alpha value is -1.65. The molecule has 0 atom stereocenters. The second kappa shape index (κ2) is 5.12. The zero-order valence-electron chi connectivity index (χ0n) is 8.55. The first-order chi connectivity index (χ1) is 8.20. The van der Waals surface area contributed by atoms with E-state index in [1.54, 1.807) is 12.1 Å². The highest BCUT2D eigenvalue weighted by atomic mass is 32.2. The molecule has 2 aromatic rings. The van der Waals surface area contributed by atoms with E-state index in [2.05, 4.69) is 10.2 Å². The van der Waals surface area contributed by atoms with Gasteiger partial charge in [0.15, 0.2) is 4.34 Å². The summed E-state index contributed by atoms with van der Waals surface area (Å²) in [4.78, 5) is 0. The third-order valence-corrected chi connectivity index (χ3v) is 3.91. The molecule has 0 aliphatic carbocycles. The Morgan fingerprint density at radius 2 is 2.29 bits per heavy atom. The summed E-state index contributed by atoms with van der Waals surface area (Å²) >= 11 is 2.60. The van der Waals surface area contributed by atoms with Crippen molar-refractivity contribution in [1.29, 1.82) is 5.26 Å². The Morgan fingerprint density at radius 3 is 2.94 bits per heavy atom. The van der Waals surface area contributed by atoms with Crippen molar-refractivity contribution < 1.29 is 4.39 Å². The molecule has 0 saturated carbocycles. The molecule has 17 heavy (non-hydrogen) atoms. The summed E-state index contributed by atoms with van der Waals surface area (Å²) in [6, 6.07) is 6.56. The van der Waals surface area contributed by atoms with Crippen molar-refractivity contribution in [3.05, 3.63) is 35.1 Å². The molecule has 2 N–H and O–H groups in total. The number of nitrogen functional groups attached to an aromatic ring is 1. The second-order valence-electron chi connectivity index (χ2n) is 3.09. The number of thioether (sulfide) groups is 1. The first kappa shape index (κ1) is 11.8. The highest BCUT2D eigenvalue weighted by Crippen LogP contribution is 2.28. The van der Waals surface area contributed by atoms with Crippen LogP contribution in [0.4, 0.5) is 9.52 Å². The third-order valence-electron chi connectivity index (χ3n) is 1.97. The molecule has 4 nitrogen and oxygen atoms in total. The van der Waals surface area contributed by atoms with Gasteiger partial charge in [-0.15, -0.1) is 10.2 Å². The topological polar surface area (TPSA) is 75.6 Å². The summed E-state index contributed by atoms with van der Waals surface area (Å²) in [6.45, 7) is 0. The molecule has 0 aliphatic rings. The molecule has 0 fully saturated rings. The van der Waals surface area contributed by atoms with Crippen molar-refractivity contribution in [2.75, 3.05) is 5.73 Å². The van der Waals surface area contributed by atoms with Crippen LogP contribution in [0.3, 0.4) is 0 Å². The Kier molecular flexibility index (Phi) is 3.56. The Labute approximate surface area is 105 Å². The first-order valence-corrected chi connectivity index (χ1v) is 6.40. The average Bonchev–Trinajstić information content (AvgIpc) is 2.74. The maximum atomic E-state index is 13.7. The molecular formula is C10H7FN4S2. The fraction of sp³-hybridized carbons (Fsp3) is 0.100. The fourth-order valence-electron chi connectivity index (χ4n) is 1.20. The highest BCUT2D eigenvalue weighted by molar-refractivity contribution is 8.00. The number of hydrogen-bond donors (Lipinski definition) is 1. The summed E-state index contributed by atoms with van der Waals surface area (Å²) in [5, 5.41) is 16.6. The minimum Gasteiger partial charge on any atom is -0.374 e. The van der Waals surface area contributed by atoms with Gasteiger partial charge in [0.05, 0.1) is 5.56 Å². The Morgan fingerprint density at radius 1 is 1.47 bits per heavy atom. The van der Waals surface area contributed by atoms with Gasteiger partial charge in [-0.25, -0.2) is 4.39 Å². The molecule has 0 aliphatic heterocycles. The number of nitrogens with zero attached hydrogens (tertiary/aromatic N) is 3. The van der Waals surface area contributed by atoms with Crippen molar-refractivity contribution in [2.24, 2.45) is 0 Å². The van der Waals surface area contributed by atoms with Crippen LogP contribution in [0.5, 0.6) is 0 Å². The number of hydrogen-bond acceptors (Lipinski definition) is 6. The van der Waals surface area contributed by atoms with Crippen molar-refractivity contribution in [3.63, 3.8) is 0 Å². The van der Waals surface area contributed by atoms with Gasteiger partial charge in [-0.05, 0) is 11.6 Å². The minimum atomic E-state index is -0.472. The van der Waals surface area contributed by atoms with E-state index in [1.807, 2.05) is 6.07 Å². The van der Waals surface area contributed by atoms with Crippen LogP contribution in [0, 0.1) is 17.1 Å². The van der Waals surface area contributed by atoms with Crippen LogP contribution < -0.4 is 5.73 Å². The molecule has 0 unspecified atom stereocenters. The fourth-order valence-corrected chi connectivity index (χ4v) is 2.81. The van der Waals surface area contributed by atoms with Crippen LogP contribution in [0.2, 0.25) is 0 Å². The first-order valence-electron chi connectivity index (χ1n) is 4.60. The van der Waals surface area contributed by atoms with Crippen LogP contribution in [0.1, 0.15) is 11.1 Å². The largest absolute Gasteiger partial charge is 0.374 e.